The van der Waals surface area contributed by atoms with E-state index in [2.05, 4.69) is 46.2 Å². The number of hydrogen-bond acceptors (Lipinski definition) is 6. The number of thiophene rings is 1. The number of ether oxygens (including phenoxy) is 2. The topological polar surface area (TPSA) is 45.2 Å². The summed E-state index contributed by atoms with van der Waals surface area (Å²) in [6, 6.07) is 20.3. The van der Waals surface area contributed by atoms with Gasteiger partial charge in [-0.2, -0.15) is 0 Å². The number of hydrogen-bond donors (Lipinski definition) is 1. The molecule has 0 spiro atoms. The van der Waals surface area contributed by atoms with Gasteiger partial charge in [0.15, 0.2) is 11.6 Å². The van der Waals surface area contributed by atoms with Crippen molar-refractivity contribution in [3.8, 4) is 27.7 Å². The molecule has 4 aromatic rings. The van der Waals surface area contributed by atoms with Gasteiger partial charge in [0.1, 0.15) is 24.2 Å². The molecule has 0 unspecified atom stereocenters. The molecule has 7 heteroatoms. The molecule has 3 heterocycles. The van der Waals surface area contributed by atoms with Crippen molar-refractivity contribution in [1.82, 2.24) is 9.80 Å². The summed E-state index contributed by atoms with van der Waals surface area (Å²) in [5.74, 6) is 0.893. The quantitative estimate of drug-likeness (QED) is 0.190. The minimum atomic E-state index is -0.589. The Balaban J connectivity index is 1.08. The normalized spacial score (nSPS) is 21.4. The number of phenolic OH excluding ortho intramolecular Hbond substituents is 1. The van der Waals surface area contributed by atoms with Gasteiger partial charge in [0.05, 0.1) is 0 Å². The Morgan fingerprint density at radius 2 is 1.51 bits per heavy atom. The Morgan fingerprint density at radius 3 is 2.29 bits per heavy atom. The fourth-order valence-corrected chi connectivity index (χ4v) is 8.76. The monoisotopic (exact) mass is 628 g/mol. The predicted octanol–water partition coefficient (Wildman–Crippen LogP) is 8.65. The number of phenols is 1. The van der Waals surface area contributed by atoms with Crippen LogP contribution < -0.4 is 9.47 Å². The molecule has 1 aromatic heterocycles. The molecule has 2 atom stereocenters. The summed E-state index contributed by atoms with van der Waals surface area (Å²) in [5.41, 5.74) is 3.29. The van der Waals surface area contributed by atoms with Gasteiger partial charge in [-0.05, 0) is 142 Å². The molecule has 0 bridgehead atoms. The largest absolute Gasteiger partial charge is 0.505 e. The molecular formula is C38H45FN2O3S. The molecule has 2 aliphatic heterocycles. The highest BCUT2D eigenvalue weighted by atomic mass is 32.1. The zero-order valence-corrected chi connectivity index (χ0v) is 27.0. The second kappa shape index (κ2) is 14.1. The summed E-state index contributed by atoms with van der Waals surface area (Å²) in [5, 5.41) is 11.0. The molecule has 2 saturated heterocycles. The van der Waals surface area contributed by atoms with Crippen molar-refractivity contribution in [3.63, 3.8) is 0 Å². The Bertz CT molecular complexity index is 1560. The van der Waals surface area contributed by atoms with Crippen LogP contribution in [0.1, 0.15) is 68.9 Å². The number of nitrogens with zero attached hydrogens (tertiary/aromatic N) is 2. The van der Waals surface area contributed by atoms with Gasteiger partial charge < -0.3 is 14.6 Å². The highest BCUT2D eigenvalue weighted by molar-refractivity contribution is 7.22. The van der Waals surface area contributed by atoms with Crippen LogP contribution in [-0.4, -0.2) is 66.4 Å². The molecule has 5 nitrogen and oxygen atoms in total. The lowest BCUT2D eigenvalue weighted by Crippen LogP contribution is -2.49. The summed E-state index contributed by atoms with van der Waals surface area (Å²) >= 11 is 1.60. The van der Waals surface area contributed by atoms with E-state index in [1.165, 1.54) is 83.6 Å². The van der Waals surface area contributed by atoms with Crippen molar-refractivity contribution in [2.75, 3.05) is 39.3 Å². The third kappa shape index (κ3) is 7.16. The maximum atomic E-state index is 14.6. The van der Waals surface area contributed by atoms with E-state index in [4.69, 9.17) is 9.47 Å². The van der Waals surface area contributed by atoms with Crippen LogP contribution in [0.3, 0.4) is 0 Å². The van der Waals surface area contributed by atoms with Crippen molar-refractivity contribution in [2.45, 2.75) is 76.4 Å². The second-order valence-corrected chi connectivity index (χ2v) is 14.1. The second-order valence-electron chi connectivity index (χ2n) is 13.1. The van der Waals surface area contributed by atoms with Crippen LogP contribution in [0.2, 0.25) is 0 Å². The van der Waals surface area contributed by atoms with Crippen LogP contribution in [0.4, 0.5) is 4.39 Å². The first-order valence-corrected chi connectivity index (χ1v) is 17.8. The summed E-state index contributed by atoms with van der Waals surface area (Å²) in [7, 11) is 0. The molecule has 1 saturated carbocycles. The molecule has 1 aliphatic carbocycles. The SMILES string of the molecule is Oc1cc2sc(-c3ccc(OCCN4CCCC4)cc3)c(Cc3ccc(O[C@H]4CCCC[C@@H]4N4CCCCC4)cc3)c2cc1F. The zero-order chi connectivity index (χ0) is 30.6. The standard InChI is InChI=1S/C38H45FN2O3S/c39-33-25-31-32(24-27-10-14-30(15-11-27)44-36-9-3-2-8-34(36)41-20-4-1-5-21-41)38(45-37(31)26-35(33)42)28-12-16-29(17-13-28)43-23-22-40-18-6-7-19-40/h10-17,25-26,34,36,42H,1-9,18-24H2/t34-,36-/m0/s1. The van der Waals surface area contributed by atoms with Gasteiger partial charge in [-0.25, -0.2) is 4.39 Å². The maximum Gasteiger partial charge on any atom is 0.165 e. The fourth-order valence-electron chi connectivity index (χ4n) is 7.51. The van der Waals surface area contributed by atoms with Crippen LogP contribution in [0.25, 0.3) is 20.5 Å². The highest BCUT2D eigenvalue weighted by Crippen LogP contribution is 2.42. The number of likely N-dealkylation sites (tertiary alicyclic amines) is 2. The van der Waals surface area contributed by atoms with Crippen molar-refractivity contribution in [3.05, 3.63) is 77.6 Å². The fraction of sp³-hybridized carbons (Fsp3) is 0.474. The summed E-state index contributed by atoms with van der Waals surface area (Å²) < 4.78 is 28.2. The average molecular weight is 629 g/mol. The van der Waals surface area contributed by atoms with Crippen LogP contribution in [-0.2, 0) is 6.42 Å². The van der Waals surface area contributed by atoms with Gasteiger partial charge in [-0.1, -0.05) is 25.0 Å². The third-order valence-corrected chi connectivity index (χ3v) is 11.2. The van der Waals surface area contributed by atoms with Gasteiger partial charge >= 0.3 is 0 Å². The molecular weight excluding hydrogens is 583 g/mol. The predicted molar refractivity (Wildman–Crippen MR) is 181 cm³/mol. The molecule has 0 amide bonds. The van der Waals surface area contributed by atoms with Crippen LogP contribution in [0, 0.1) is 5.82 Å². The molecule has 3 aromatic carbocycles. The number of piperidine rings is 1. The first kappa shape index (κ1) is 30.5. The number of rotatable bonds is 10. The molecule has 0 radical (unpaired) electrons. The van der Waals surface area contributed by atoms with Crippen molar-refractivity contribution in [1.29, 1.82) is 0 Å². The van der Waals surface area contributed by atoms with Crippen molar-refractivity contribution < 1.29 is 19.0 Å². The van der Waals surface area contributed by atoms with E-state index in [1.807, 2.05) is 12.1 Å². The average Bonchev–Trinajstić information content (AvgIpc) is 3.71. The Hall–Kier alpha value is -3.13. The number of halogens is 1. The summed E-state index contributed by atoms with van der Waals surface area (Å²) in [4.78, 5) is 6.22. The Labute approximate surface area is 270 Å². The highest BCUT2D eigenvalue weighted by Gasteiger charge is 2.32. The summed E-state index contributed by atoms with van der Waals surface area (Å²) in [6.45, 7) is 6.39. The van der Waals surface area contributed by atoms with Gasteiger partial charge in [0.2, 0.25) is 0 Å². The van der Waals surface area contributed by atoms with Crippen molar-refractivity contribution in [2.24, 2.45) is 0 Å². The minimum absolute atomic E-state index is 0.248. The van der Waals surface area contributed by atoms with E-state index in [0.717, 1.165) is 56.1 Å². The van der Waals surface area contributed by atoms with Gasteiger partial charge in [0.25, 0.3) is 0 Å². The van der Waals surface area contributed by atoms with E-state index in [9.17, 15) is 9.50 Å². The number of benzene rings is 3. The minimum Gasteiger partial charge on any atom is -0.505 e. The van der Waals surface area contributed by atoms with E-state index < -0.39 is 5.82 Å². The van der Waals surface area contributed by atoms with Crippen molar-refractivity contribution >= 4 is 21.4 Å². The number of aromatic hydroxyl groups is 1. The third-order valence-electron chi connectivity index (χ3n) is 9.97. The Morgan fingerprint density at radius 1 is 0.800 bits per heavy atom. The van der Waals surface area contributed by atoms with Gasteiger partial charge in [-0.15, -0.1) is 11.3 Å². The first-order valence-electron chi connectivity index (χ1n) is 17.0. The zero-order valence-electron chi connectivity index (χ0n) is 26.2. The van der Waals surface area contributed by atoms with E-state index >= 15 is 0 Å². The molecule has 1 N–H and O–H groups in total. The molecule has 3 fully saturated rings. The van der Waals surface area contributed by atoms with Gasteiger partial charge in [0, 0.05) is 28.2 Å². The first-order chi connectivity index (χ1) is 22.1. The molecule has 238 valence electrons. The van der Waals surface area contributed by atoms with Crippen LogP contribution in [0.15, 0.2) is 60.7 Å². The number of fused-ring (bicyclic) bond motifs is 1. The smallest absolute Gasteiger partial charge is 0.165 e. The van der Waals surface area contributed by atoms with Crippen LogP contribution in [0.5, 0.6) is 17.2 Å². The lowest BCUT2D eigenvalue weighted by atomic mass is 9.90. The molecule has 7 rings (SSSR count). The van der Waals surface area contributed by atoms with E-state index in [0.29, 0.717) is 19.1 Å². The van der Waals surface area contributed by atoms with E-state index in [1.54, 1.807) is 17.4 Å². The van der Waals surface area contributed by atoms with Gasteiger partial charge in [-0.3, -0.25) is 9.80 Å². The lowest BCUT2D eigenvalue weighted by molar-refractivity contribution is 0.0261. The lowest BCUT2D eigenvalue weighted by Gasteiger charge is -2.41. The Kier molecular flexibility index (Phi) is 9.57. The van der Waals surface area contributed by atoms with E-state index in [-0.39, 0.29) is 11.9 Å². The summed E-state index contributed by atoms with van der Waals surface area (Å²) in [6.07, 6.45) is 12.3. The molecule has 45 heavy (non-hydrogen) atoms. The maximum absolute atomic E-state index is 14.6. The molecule has 3 aliphatic rings. The van der Waals surface area contributed by atoms with Crippen LogP contribution >= 0.6 is 11.3 Å².